The molecule has 0 fully saturated rings. The molecular weight excluding hydrogens is 391 g/mol. The van der Waals surface area contributed by atoms with Crippen molar-refractivity contribution in [3.8, 4) is 11.3 Å². The van der Waals surface area contributed by atoms with E-state index < -0.39 is 15.1 Å². The summed E-state index contributed by atoms with van der Waals surface area (Å²) < 4.78 is 23.7. The van der Waals surface area contributed by atoms with Gasteiger partial charge in [-0.15, -0.1) is 0 Å². The second-order valence-corrected chi connectivity index (χ2v) is 7.90. The summed E-state index contributed by atoms with van der Waals surface area (Å²) in [7, 11) is -3.32. The molecule has 0 saturated carbocycles. The van der Waals surface area contributed by atoms with Gasteiger partial charge in [-0.05, 0) is 29.5 Å². The van der Waals surface area contributed by atoms with Gasteiger partial charge >= 0.3 is 0 Å². The zero-order valence-electron chi connectivity index (χ0n) is 10.9. The number of sulfone groups is 1. The molecule has 1 aromatic heterocycles. The number of nitrogens with zero attached hydrogens (tertiary/aromatic N) is 1. The van der Waals surface area contributed by atoms with Gasteiger partial charge in [-0.1, -0.05) is 30.3 Å². The fraction of sp³-hybridized carbons (Fsp3) is 0.231. The Morgan fingerprint density at radius 2 is 1.85 bits per heavy atom. The molecule has 0 spiro atoms. The van der Waals surface area contributed by atoms with Gasteiger partial charge < -0.3 is 4.98 Å². The van der Waals surface area contributed by atoms with Crippen molar-refractivity contribution in [2.24, 2.45) is 0 Å². The summed E-state index contributed by atoms with van der Waals surface area (Å²) in [4.78, 5) is 18.8. The third-order valence-corrected chi connectivity index (χ3v) is 5.46. The summed E-state index contributed by atoms with van der Waals surface area (Å²) in [5.41, 5.74) is 0.954. The Balaban J connectivity index is 2.66. The fourth-order valence-corrected chi connectivity index (χ4v) is 2.74. The first-order valence-electron chi connectivity index (χ1n) is 5.84. The normalized spacial score (nSPS) is 13.2. The average Bonchev–Trinajstić information content (AvgIpc) is 2.41. The van der Waals surface area contributed by atoms with E-state index in [0.29, 0.717) is 9.26 Å². The average molecular weight is 404 g/mol. The molecule has 2 rings (SSSR count). The van der Waals surface area contributed by atoms with Crippen LogP contribution in [0.4, 0.5) is 0 Å². The minimum Gasteiger partial charge on any atom is -0.309 e. The zero-order chi connectivity index (χ0) is 14.9. The molecule has 7 heteroatoms. The minimum atomic E-state index is -3.32. The first-order valence-corrected chi connectivity index (χ1v) is 8.88. The SMILES string of the molecule is CC(c1nc(-c2ccccc2)c(I)c(=O)[nH]1)S(C)(=O)=O. The highest BCUT2D eigenvalue weighted by Crippen LogP contribution is 2.23. The third-order valence-electron chi connectivity index (χ3n) is 2.96. The number of hydrogen-bond acceptors (Lipinski definition) is 4. The Hall–Kier alpha value is -1.22. The van der Waals surface area contributed by atoms with Crippen molar-refractivity contribution in [3.63, 3.8) is 0 Å². The van der Waals surface area contributed by atoms with Gasteiger partial charge in [-0.2, -0.15) is 0 Å². The lowest BCUT2D eigenvalue weighted by molar-refractivity contribution is 0.589. The Kier molecular flexibility index (Phi) is 4.28. The van der Waals surface area contributed by atoms with E-state index in [4.69, 9.17) is 0 Å². The van der Waals surface area contributed by atoms with Crippen molar-refractivity contribution >= 4 is 32.4 Å². The molecular formula is C13H13IN2O3S. The van der Waals surface area contributed by atoms with Crippen LogP contribution in [-0.4, -0.2) is 24.6 Å². The standard InChI is InChI=1S/C13H13IN2O3S/c1-8(20(2,18)19)12-15-11(10(14)13(17)16-12)9-6-4-3-5-7-9/h3-8H,1-2H3,(H,15,16,17). The Morgan fingerprint density at radius 1 is 1.25 bits per heavy atom. The van der Waals surface area contributed by atoms with Gasteiger partial charge in [0.05, 0.1) is 5.69 Å². The minimum absolute atomic E-state index is 0.164. The molecule has 0 radical (unpaired) electrons. The van der Waals surface area contributed by atoms with Crippen LogP contribution in [0.3, 0.4) is 0 Å². The van der Waals surface area contributed by atoms with Gasteiger partial charge in [0.2, 0.25) is 0 Å². The first-order chi connectivity index (χ1) is 9.30. The molecule has 0 bridgehead atoms. The second-order valence-electron chi connectivity index (χ2n) is 4.45. The van der Waals surface area contributed by atoms with Crippen molar-refractivity contribution in [2.75, 3.05) is 6.26 Å². The van der Waals surface area contributed by atoms with Crippen molar-refractivity contribution in [1.82, 2.24) is 9.97 Å². The molecule has 1 unspecified atom stereocenters. The highest BCUT2D eigenvalue weighted by molar-refractivity contribution is 14.1. The van der Waals surface area contributed by atoms with Crippen LogP contribution in [0.15, 0.2) is 35.1 Å². The van der Waals surface area contributed by atoms with Crippen molar-refractivity contribution < 1.29 is 8.42 Å². The lowest BCUT2D eigenvalue weighted by Gasteiger charge is -2.11. The van der Waals surface area contributed by atoms with Crippen LogP contribution >= 0.6 is 22.6 Å². The number of aromatic amines is 1. The number of halogens is 1. The van der Waals surface area contributed by atoms with Gasteiger partial charge in [-0.3, -0.25) is 4.79 Å². The summed E-state index contributed by atoms with van der Waals surface area (Å²) in [6.45, 7) is 1.51. The summed E-state index contributed by atoms with van der Waals surface area (Å²) in [6, 6.07) is 9.21. The maximum Gasteiger partial charge on any atom is 0.265 e. The van der Waals surface area contributed by atoms with E-state index in [1.54, 1.807) is 0 Å². The molecule has 1 atom stereocenters. The maximum atomic E-state index is 12.0. The van der Waals surface area contributed by atoms with Crippen LogP contribution < -0.4 is 5.56 Å². The van der Waals surface area contributed by atoms with Crippen LogP contribution in [0.2, 0.25) is 0 Å². The lowest BCUT2D eigenvalue weighted by Crippen LogP contribution is -2.20. The van der Waals surface area contributed by atoms with E-state index in [2.05, 4.69) is 9.97 Å². The van der Waals surface area contributed by atoms with Crippen LogP contribution in [0, 0.1) is 3.57 Å². The van der Waals surface area contributed by atoms with Crippen LogP contribution in [0.5, 0.6) is 0 Å². The van der Waals surface area contributed by atoms with E-state index >= 15 is 0 Å². The molecule has 0 saturated heterocycles. The predicted molar refractivity (Wildman–Crippen MR) is 86.3 cm³/mol. The van der Waals surface area contributed by atoms with E-state index in [9.17, 15) is 13.2 Å². The number of nitrogens with one attached hydrogen (secondary N) is 1. The largest absolute Gasteiger partial charge is 0.309 e. The lowest BCUT2D eigenvalue weighted by atomic mass is 10.1. The van der Waals surface area contributed by atoms with Gasteiger partial charge in [-0.25, -0.2) is 13.4 Å². The summed E-state index contributed by atoms with van der Waals surface area (Å²) in [5, 5.41) is -0.852. The molecule has 5 nitrogen and oxygen atoms in total. The van der Waals surface area contributed by atoms with E-state index in [0.717, 1.165) is 11.8 Å². The number of benzene rings is 1. The highest BCUT2D eigenvalue weighted by atomic mass is 127. The smallest absolute Gasteiger partial charge is 0.265 e. The maximum absolute atomic E-state index is 12.0. The Bertz CT molecular complexity index is 785. The first kappa shape index (κ1) is 15.2. The molecule has 106 valence electrons. The van der Waals surface area contributed by atoms with E-state index in [-0.39, 0.29) is 11.4 Å². The molecule has 0 aliphatic carbocycles. The molecule has 1 heterocycles. The molecule has 0 aliphatic rings. The van der Waals surface area contributed by atoms with E-state index in [1.807, 2.05) is 52.9 Å². The summed E-state index contributed by atoms with van der Waals surface area (Å²) in [6.07, 6.45) is 1.12. The van der Waals surface area contributed by atoms with Gasteiger partial charge in [0, 0.05) is 11.8 Å². The number of rotatable bonds is 3. The zero-order valence-corrected chi connectivity index (χ0v) is 13.9. The summed E-state index contributed by atoms with van der Waals surface area (Å²) >= 11 is 1.91. The number of aromatic nitrogens is 2. The quantitative estimate of drug-likeness (QED) is 0.796. The molecule has 1 aromatic carbocycles. The highest BCUT2D eigenvalue weighted by Gasteiger charge is 2.22. The second kappa shape index (κ2) is 5.65. The number of H-pyrrole nitrogens is 1. The summed E-state index contributed by atoms with van der Waals surface area (Å²) in [5.74, 6) is 0.164. The molecule has 1 N–H and O–H groups in total. The predicted octanol–water partition coefficient (Wildman–Crippen LogP) is 2.15. The van der Waals surface area contributed by atoms with Gasteiger partial charge in [0.1, 0.15) is 14.6 Å². The van der Waals surface area contributed by atoms with Crippen molar-refractivity contribution in [1.29, 1.82) is 0 Å². The molecule has 20 heavy (non-hydrogen) atoms. The van der Waals surface area contributed by atoms with E-state index in [1.165, 1.54) is 6.92 Å². The molecule has 0 amide bonds. The van der Waals surface area contributed by atoms with Crippen LogP contribution in [0.25, 0.3) is 11.3 Å². The van der Waals surface area contributed by atoms with Crippen LogP contribution in [0.1, 0.15) is 18.0 Å². The monoisotopic (exact) mass is 404 g/mol. The van der Waals surface area contributed by atoms with Gasteiger partial charge in [0.15, 0.2) is 9.84 Å². The Labute approximate surface area is 130 Å². The molecule has 0 aliphatic heterocycles. The van der Waals surface area contributed by atoms with Gasteiger partial charge in [0.25, 0.3) is 5.56 Å². The third kappa shape index (κ3) is 3.09. The topological polar surface area (TPSA) is 79.9 Å². The van der Waals surface area contributed by atoms with Crippen molar-refractivity contribution in [2.45, 2.75) is 12.2 Å². The Morgan fingerprint density at radius 3 is 2.40 bits per heavy atom. The van der Waals surface area contributed by atoms with Crippen molar-refractivity contribution in [3.05, 3.63) is 50.1 Å². The number of hydrogen-bond donors (Lipinski definition) is 1. The fourth-order valence-electron chi connectivity index (χ4n) is 1.66. The van der Waals surface area contributed by atoms with Crippen LogP contribution in [-0.2, 0) is 9.84 Å². The molecule has 2 aromatic rings.